The van der Waals surface area contributed by atoms with Crippen LogP contribution in [0, 0.1) is 13.8 Å². The van der Waals surface area contributed by atoms with Gasteiger partial charge in [-0.25, -0.2) is 0 Å². The van der Waals surface area contributed by atoms with Gasteiger partial charge in [-0.3, -0.25) is 0 Å². The summed E-state index contributed by atoms with van der Waals surface area (Å²) in [6, 6.07) is 11.4. The van der Waals surface area contributed by atoms with E-state index in [2.05, 4.69) is 39.8 Å². The van der Waals surface area contributed by atoms with Crippen LogP contribution < -0.4 is 0 Å². The fourth-order valence-electron chi connectivity index (χ4n) is 2.42. The van der Waals surface area contributed by atoms with E-state index >= 15 is 0 Å². The lowest BCUT2D eigenvalue weighted by Crippen LogP contribution is -1.87. The van der Waals surface area contributed by atoms with E-state index in [1.807, 2.05) is 38.1 Å². The van der Waals surface area contributed by atoms with Crippen molar-refractivity contribution < 1.29 is 10.2 Å². The van der Waals surface area contributed by atoms with Crippen LogP contribution in [0.25, 0.3) is 0 Å². The first kappa shape index (κ1) is 21.6. The minimum Gasteiger partial charge on any atom is -0.508 e. The summed E-state index contributed by atoms with van der Waals surface area (Å²) in [4.78, 5) is 0. The van der Waals surface area contributed by atoms with E-state index < -0.39 is 0 Å². The molecule has 0 amide bonds. The molecule has 140 valence electrons. The summed E-state index contributed by atoms with van der Waals surface area (Å²) in [6.07, 6.45) is 5.88. The SMILES string of the molecule is CC(C)=CCc1c(C)cccc1O.CC(C)=CCc1ccc(C)cc1O. The second-order valence-electron chi connectivity index (χ2n) is 7.18. The molecule has 0 radical (unpaired) electrons. The zero-order chi connectivity index (χ0) is 19.7. The highest BCUT2D eigenvalue weighted by molar-refractivity contribution is 5.40. The Morgan fingerprint density at radius 3 is 1.96 bits per heavy atom. The second kappa shape index (κ2) is 10.5. The standard InChI is InChI=1S/2C12H16O/c1-9(2)4-6-11-7-5-10(3)8-12(11)13;1-9(2)7-8-11-10(3)5-4-6-12(11)13/h4-5,7-8,13H,6H2,1-3H3;4-7,13H,8H2,1-3H3. The Morgan fingerprint density at radius 1 is 0.808 bits per heavy atom. The molecular weight excluding hydrogens is 320 g/mol. The summed E-state index contributed by atoms with van der Waals surface area (Å²) in [6.45, 7) is 12.2. The van der Waals surface area contributed by atoms with Crippen molar-refractivity contribution in [3.05, 3.63) is 82.0 Å². The maximum absolute atomic E-state index is 9.57. The van der Waals surface area contributed by atoms with E-state index in [4.69, 9.17) is 0 Å². The van der Waals surface area contributed by atoms with Crippen molar-refractivity contribution in [1.29, 1.82) is 0 Å². The number of aryl methyl sites for hydroxylation is 2. The van der Waals surface area contributed by atoms with Gasteiger partial charge < -0.3 is 10.2 Å². The van der Waals surface area contributed by atoms with Crippen LogP contribution in [0.1, 0.15) is 49.9 Å². The Balaban J connectivity index is 0.000000260. The van der Waals surface area contributed by atoms with Crippen LogP contribution in [0.3, 0.4) is 0 Å². The molecule has 0 aliphatic heterocycles. The third kappa shape index (κ3) is 7.60. The summed E-state index contributed by atoms with van der Waals surface area (Å²) in [5.74, 6) is 0.801. The van der Waals surface area contributed by atoms with Crippen LogP contribution in [0.5, 0.6) is 11.5 Å². The number of rotatable bonds is 4. The van der Waals surface area contributed by atoms with Gasteiger partial charge >= 0.3 is 0 Å². The summed E-state index contributed by atoms with van der Waals surface area (Å²) in [5.41, 5.74) is 6.83. The normalized spacial score (nSPS) is 9.77. The highest BCUT2D eigenvalue weighted by Crippen LogP contribution is 2.21. The number of hydrogen-bond donors (Lipinski definition) is 2. The zero-order valence-electron chi connectivity index (χ0n) is 16.9. The molecule has 2 aromatic carbocycles. The first-order valence-corrected chi connectivity index (χ1v) is 9.03. The van der Waals surface area contributed by atoms with Crippen molar-refractivity contribution in [2.75, 3.05) is 0 Å². The molecule has 2 nitrogen and oxygen atoms in total. The van der Waals surface area contributed by atoms with E-state index in [9.17, 15) is 10.2 Å². The van der Waals surface area contributed by atoms with Crippen molar-refractivity contribution >= 4 is 0 Å². The third-order valence-electron chi connectivity index (χ3n) is 4.07. The predicted molar refractivity (Wildman–Crippen MR) is 112 cm³/mol. The molecule has 2 aromatic rings. The summed E-state index contributed by atoms with van der Waals surface area (Å²) in [7, 11) is 0. The molecule has 0 spiro atoms. The molecule has 2 heteroatoms. The molecule has 0 fully saturated rings. The van der Waals surface area contributed by atoms with Crippen molar-refractivity contribution in [2.45, 2.75) is 54.4 Å². The van der Waals surface area contributed by atoms with Gasteiger partial charge in [-0.05, 0) is 83.2 Å². The Bertz CT molecular complexity index is 755. The number of phenols is 2. The van der Waals surface area contributed by atoms with Crippen molar-refractivity contribution in [2.24, 2.45) is 0 Å². The van der Waals surface area contributed by atoms with Gasteiger partial charge in [0.25, 0.3) is 0 Å². The maximum atomic E-state index is 9.57. The highest BCUT2D eigenvalue weighted by Gasteiger charge is 2.01. The van der Waals surface area contributed by atoms with E-state index in [1.165, 1.54) is 11.1 Å². The van der Waals surface area contributed by atoms with Crippen LogP contribution in [0.2, 0.25) is 0 Å². The summed E-state index contributed by atoms with van der Waals surface area (Å²) in [5, 5.41) is 19.1. The monoisotopic (exact) mass is 352 g/mol. The molecule has 2 rings (SSSR count). The average molecular weight is 353 g/mol. The first-order valence-electron chi connectivity index (χ1n) is 9.03. The van der Waals surface area contributed by atoms with E-state index in [-0.39, 0.29) is 0 Å². The summed E-state index contributed by atoms with van der Waals surface area (Å²) >= 11 is 0. The third-order valence-corrected chi connectivity index (χ3v) is 4.07. The molecule has 0 atom stereocenters. The molecule has 26 heavy (non-hydrogen) atoms. The molecule has 0 heterocycles. The van der Waals surface area contributed by atoms with E-state index in [0.29, 0.717) is 11.5 Å². The fraction of sp³-hybridized carbons (Fsp3) is 0.333. The Labute approximate surface area is 158 Å². The van der Waals surface area contributed by atoms with Crippen molar-refractivity contribution in [3.63, 3.8) is 0 Å². The predicted octanol–water partition coefficient (Wildman–Crippen LogP) is 6.42. The van der Waals surface area contributed by atoms with Crippen LogP contribution in [0.15, 0.2) is 59.7 Å². The van der Waals surface area contributed by atoms with Gasteiger partial charge in [-0.1, -0.05) is 47.6 Å². The second-order valence-corrected chi connectivity index (χ2v) is 7.18. The number of phenolic OH excluding ortho intramolecular Hbond substituents is 2. The van der Waals surface area contributed by atoms with Gasteiger partial charge in [0.05, 0.1) is 0 Å². The molecule has 0 unspecified atom stereocenters. The Morgan fingerprint density at radius 2 is 1.42 bits per heavy atom. The maximum Gasteiger partial charge on any atom is 0.119 e. The van der Waals surface area contributed by atoms with E-state index in [0.717, 1.165) is 35.1 Å². The molecule has 0 bridgehead atoms. The van der Waals surface area contributed by atoms with Crippen LogP contribution >= 0.6 is 0 Å². The van der Waals surface area contributed by atoms with Gasteiger partial charge in [-0.2, -0.15) is 0 Å². The van der Waals surface area contributed by atoms with Gasteiger partial charge in [0, 0.05) is 5.56 Å². The smallest absolute Gasteiger partial charge is 0.119 e. The fourth-order valence-corrected chi connectivity index (χ4v) is 2.42. The molecule has 0 saturated carbocycles. The van der Waals surface area contributed by atoms with Gasteiger partial charge in [0.15, 0.2) is 0 Å². The number of hydrogen-bond acceptors (Lipinski definition) is 2. The number of benzene rings is 2. The van der Waals surface area contributed by atoms with Crippen LogP contribution in [-0.4, -0.2) is 10.2 Å². The van der Waals surface area contributed by atoms with Crippen molar-refractivity contribution in [3.8, 4) is 11.5 Å². The molecule has 0 saturated heterocycles. The van der Waals surface area contributed by atoms with Gasteiger partial charge in [0.2, 0.25) is 0 Å². The quantitative estimate of drug-likeness (QED) is 0.623. The number of allylic oxidation sites excluding steroid dienone is 4. The molecular formula is C24H32O2. The topological polar surface area (TPSA) is 40.5 Å². The van der Waals surface area contributed by atoms with Crippen LogP contribution in [0.4, 0.5) is 0 Å². The van der Waals surface area contributed by atoms with Gasteiger partial charge in [-0.15, -0.1) is 0 Å². The zero-order valence-corrected chi connectivity index (χ0v) is 16.9. The highest BCUT2D eigenvalue weighted by atomic mass is 16.3. The lowest BCUT2D eigenvalue weighted by Gasteiger charge is -2.05. The average Bonchev–Trinajstić information content (AvgIpc) is 2.54. The van der Waals surface area contributed by atoms with Crippen molar-refractivity contribution in [1.82, 2.24) is 0 Å². The molecule has 0 aromatic heterocycles. The molecule has 2 N–H and O–H groups in total. The Hall–Kier alpha value is -2.48. The molecule has 0 aliphatic carbocycles. The van der Waals surface area contributed by atoms with Crippen LogP contribution in [-0.2, 0) is 12.8 Å². The minimum atomic E-state index is 0.400. The Kier molecular flexibility index (Phi) is 8.71. The summed E-state index contributed by atoms with van der Waals surface area (Å²) < 4.78 is 0. The van der Waals surface area contributed by atoms with Gasteiger partial charge in [0.1, 0.15) is 11.5 Å². The molecule has 0 aliphatic rings. The lowest BCUT2D eigenvalue weighted by molar-refractivity contribution is 0.468. The van der Waals surface area contributed by atoms with E-state index in [1.54, 1.807) is 12.1 Å². The lowest BCUT2D eigenvalue weighted by atomic mass is 10.0. The number of aromatic hydroxyl groups is 2. The first-order chi connectivity index (χ1) is 12.2. The largest absolute Gasteiger partial charge is 0.508 e. The minimum absolute atomic E-state index is 0.400.